The third-order valence-electron chi connectivity index (χ3n) is 3.58. The molecule has 1 aliphatic heterocycles. The quantitative estimate of drug-likeness (QED) is 0.877. The summed E-state index contributed by atoms with van der Waals surface area (Å²) in [5.41, 5.74) is 10.3. The number of morpholine rings is 1. The molecule has 1 fully saturated rings. The van der Waals surface area contributed by atoms with Crippen molar-refractivity contribution in [1.29, 1.82) is 0 Å². The largest absolute Gasteiger partial charge is 0.379 e. The van der Waals surface area contributed by atoms with Gasteiger partial charge in [-0.1, -0.05) is 23.8 Å². The zero-order valence-corrected chi connectivity index (χ0v) is 11.5. The molecule has 1 aliphatic rings. The summed E-state index contributed by atoms with van der Waals surface area (Å²) in [6.45, 7) is 8.98. The highest BCUT2D eigenvalue weighted by atomic mass is 16.5. The zero-order chi connectivity index (χ0) is 13.0. The van der Waals surface area contributed by atoms with Crippen LogP contribution in [0.4, 0.5) is 0 Å². The normalized spacial score (nSPS) is 18.8. The number of rotatable bonds is 4. The van der Waals surface area contributed by atoms with Gasteiger partial charge in [-0.2, -0.15) is 0 Å². The first-order valence-corrected chi connectivity index (χ1v) is 6.77. The monoisotopic (exact) mass is 248 g/mol. The summed E-state index contributed by atoms with van der Waals surface area (Å²) in [5.74, 6) is 0. The molecule has 100 valence electrons. The fourth-order valence-corrected chi connectivity index (χ4v) is 2.54. The van der Waals surface area contributed by atoms with Gasteiger partial charge in [0.25, 0.3) is 0 Å². The van der Waals surface area contributed by atoms with Gasteiger partial charge in [0.1, 0.15) is 0 Å². The Hall–Kier alpha value is -0.900. The minimum atomic E-state index is 0.213. The van der Waals surface area contributed by atoms with Crippen molar-refractivity contribution in [2.75, 3.05) is 32.8 Å². The minimum absolute atomic E-state index is 0.213. The first kappa shape index (κ1) is 13.5. The number of nitrogens with zero attached hydrogens (tertiary/aromatic N) is 1. The van der Waals surface area contributed by atoms with E-state index >= 15 is 0 Å². The maximum absolute atomic E-state index is 6.26. The predicted molar refractivity (Wildman–Crippen MR) is 74.9 cm³/mol. The van der Waals surface area contributed by atoms with Gasteiger partial charge in [-0.05, 0) is 31.4 Å². The molecule has 0 bridgehead atoms. The van der Waals surface area contributed by atoms with E-state index in [-0.39, 0.29) is 6.04 Å². The third-order valence-corrected chi connectivity index (χ3v) is 3.58. The van der Waals surface area contributed by atoms with Crippen LogP contribution < -0.4 is 5.73 Å². The molecule has 0 spiro atoms. The molecule has 2 N–H and O–H groups in total. The molecule has 0 aromatic heterocycles. The number of aryl methyl sites for hydroxylation is 2. The Labute approximate surface area is 110 Å². The molecule has 1 heterocycles. The second-order valence-electron chi connectivity index (χ2n) is 5.31. The van der Waals surface area contributed by atoms with Crippen LogP contribution in [0.15, 0.2) is 18.2 Å². The molecule has 0 saturated carbocycles. The van der Waals surface area contributed by atoms with Gasteiger partial charge in [-0.25, -0.2) is 0 Å². The van der Waals surface area contributed by atoms with Crippen LogP contribution >= 0.6 is 0 Å². The van der Waals surface area contributed by atoms with Crippen LogP contribution in [-0.4, -0.2) is 43.8 Å². The van der Waals surface area contributed by atoms with Gasteiger partial charge < -0.3 is 10.5 Å². The lowest BCUT2D eigenvalue weighted by Gasteiger charge is -2.29. The number of hydrogen-bond donors (Lipinski definition) is 1. The summed E-state index contributed by atoms with van der Waals surface area (Å²) in [6, 6.07) is 6.83. The van der Waals surface area contributed by atoms with Crippen molar-refractivity contribution in [3.8, 4) is 0 Å². The van der Waals surface area contributed by atoms with Gasteiger partial charge in [0.05, 0.1) is 13.2 Å². The van der Waals surface area contributed by atoms with Gasteiger partial charge in [0, 0.05) is 25.7 Å². The van der Waals surface area contributed by atoms with E-state index < -0.39 is 0 Å². The van der Waals surface area contributed by atoms with Crippen LogP contribution in [0.25, 0.3) is 0 Å². The van der Waals surface area contributed by atoms with Crippen molar-refractivity contribution < 1.29 is 4.74 Å². The Morgan fingerprint density at radius 3 is 2.67 bits per heavy atom. The van der Waals surface area contributed by atoms with Crippen molar-refractivity contribution in [1.82, 2.24) is 4.90 Å². The highest BCUT2D eigenvalue weighted by Crippen LogP contribution is 2.12. The lowest BCUT2D eigenvalue weighted by molar-refractivity contribution is 0.0353. The van der Waals surface area contributed by atoms with Gasteiger partial charge >= 0.3 is 0 Å². The predicted octanol–water partition coefficient (Wildman–Crippen LogP) is 1.51. The molecule has 0 amide bonds. The van der Waals surface area contributed by atoms with Crippen LogP contribution in [0.3, 0.4) is 0 Å². The summed E-state index contributed by atoms with van der Waals surface area (Å²) >= 11 is 0. The van der Waals surface area contributed by atoms with E-state index in [1.54, 1.807) is 0 Å². The molecule has 0 radical (unpaired) electrons. The molecular weight excluding hydrogens is 224 g/mol. The van der Waals surface area contributed by atoms with Crippen LogP contribution in [-0.2, 0) is 11.2 Å². The van der Waals surface area contributed by atoms with E-state index in [2.05, 4.69) is 36.9 Å². The van der Waals surface area contributed by atoms with Gasteiger partial charge in [0.15, 0.2) is 0 Å². The summed E-state index contributed by atoms with van der Waals surface area (Å²) < 4.78 is 5.35. The van der Waals surface area contributed by atoms with Crippen molar-refractivity contribution in [2.24, 2.45) is 5.73 Å². The lowest BCUT2D eigenvalue weighted by atomic mass is 9.99. The lowest BCUT2D eigenvalue weighted by Crippen LogP contribution is -2.44. The Morgan fingerprint density at radius 2 is 2.00 bits per heavy atom. The van der Waals surface area contributed by atoms with E-state index in [9.17, 15) is 0 Å². The molecule has 1 saturated heterocycles. The van der Waals surface area contributed by atoms with Crippen molar-refractivity contribution >= 4 is 0 Å². The van der Waals surface area contributed by atoms with E-state index in [0.29, 0.717) is 0 Å². The first-order valence-electron chi connectivity index (χ1n) is 6.77. The number of benzene rings is 1. The minimum Gasteiger partial charge on any atom is -0.379 e. The van der Waals surface area contributed by atoms with Crippen molar-refractivity contribution in [3.63, 3.8) is 0 Å². The molecule has 0 aliphatic carbocycles. The summed E-state index contributed by atoms with van der Waals surface area (Å²) in [5, 5.41) is 0. The van der Waals surface area contributed by atoms with E-state index in [4.69, 9.17) is 10.5 Å². The number of nitrogens with two attached hydrogens (primary N) is 1. The van der Waals surface area contributed by atoms with E-state index in [1.807, 2.05) is 0 Å². The smallest absolute Gasteiger partial charge is 0.0594 e. The second-order valence-corrected chi connectivity index (χ2v) is 5.31. The SMILES string of the molecule is Cc1ccc(CC(N)CN2CCOCC2)c(C)c1. The Kier molecular flexibility index (Phi) is 4.75. The summed E-state index contributed by atoms with van der Waals surface area (Å²) in [6.07, 6.45) is 0.962. The van der Waals surface area contributed by atoms with Crippen LogP contribution in [0.1, 0.15) is 16.7 Å². The topological polar surface area (TPSA) is 38.5 Å². The van der Waals surface area contributed by atoms with Gasteiger partial charge in [0.2, 0.25) is 0 Å². The maximum atomic E-state index is 6.26. The molecule has 18 heavy (non-hydrogen) atoms. The van der Waals surface area contributed by atoms with Gasteiger partial charge in [-0.3, -0.25) is 4.90 Å². The molecule has 2 rings (SSSR count). The molecule has 1 unspecified atom stereocenters. The molecule has 1 aromatic rings. The summed E-state index contributed by atoms with van der Waals surface area (Å²) in [7, 11) is 0. The fraction of sp³-hybridized carbons (Fsp3) is 0.600. The molecule has 1 aromatic carbocycles. The zero-order valence-electron chi connectivity index (χ0n) is 11.5. The maximum Gasteiger partial charge on any atom is 0.0594 e. The highest BCUT2D eigenvalue weighted by Gasteiger charge is 2.14. The van der Waals surface area contributed by atoms with Crippen LogP contribution in [0.5, 0.6) is 0 Å². The van der Waals surface area contributed by atoms with Gasteiger partial charge in [-0.15, -0.1) is 0 Å². The number of ether oxygens (including phenoxy) is 1. The van der Waals surface area contributed by atoms with Crippen molar-refractivity contribution in [3.05, 3.63) is 34.9 Å². The average molecular weight is 248 g/mol. The van der Waals surface area contributed by atoms with Crippen LogP contribution in [0.2, 0.25) is 0 Å². The second kappa shape index (κ2) is 6.32. The highest BCUT2D eigenvalue weighted by molar-refractivity contribution is 5.30. The molecule has 3 heteroatoms. The average Bonchev–Trinajstić information content (AvgIpc) is 2.34. The Morgan fingerprint density at radius 1 is 1.28 bits per heavy atom. The fourth-order valence-electron chi connectivity index (χ4n) is 2.54. The molecule has 1 atom stereocenters. The third kappa shape index (κ3) is 3.80. The van der Waals surface area contributed by atoms with E-state index in [1.165, 1.54) is 16.7 Å². The van der Waals surface area contributed by atoms with Crippen molar-refractivity contribution in [2.45, 2.75) is 26.3 Å². The molecule has 3 nitrogen and oxygen atoms in total. The Balaban J connectivity index is 1.87. The standard InChI is InChI=1S/C15H24N2O/c1-12-3-4-14(13(2)9-12)10-15(16)11-17-5-7-18-8-6-17/h3-4,9,15H,5-8,10-11,16H2,1-2H3. The van der Waals surface area contributed by atoms with Crippen LogP contribution in [0, 0.1) is 13.8 Å². The first-order chi connectivity index (χ1) is 8.65. The Bertz CT molecular complexity index is 386. The van der Waals surface area contributed by atoms with E-state index in [0.717, 1.165) is 39.3 Å². The molecular formula is C15H24N2O. The summed E-state index contributed by atoms with van der Waals surface area (Å²) in [4.78, 5) is 2.40. The number of hydrogen-bond acceptors (Lipinski definition) is 3.